The van der Waals surface area contributed by atoms with E-state index in [1.54, 1.807) is 23.1 Å². The van der Waals surface area contributed by atoms with E-state index in [4.69, 9.17) is 16.3 Å². The monoisotopic (exact) mass is 428 g/mol. The van der Waals surface area contributed by atoms with Gasteiger partial charge in [-0.3, -0.25) is 4.57 Å². The molecule has 2 heterocycles. The molecule has 0 fully saturated rings. The molecule has 0 aliphatic heterocycles. The van der Waals surface area contributed by atoms with E-state index in [-0.39, 0.29) is 0 Å². The molecule has 142 valence electrons. The summed E-state index contributed by atoms with van der Waals surface area (Å²) in [6, 6.07) is 17.4. The van der Waals surface area contributed by atoms with Crippen LogP contribution in [-0.2, 0) is 12.4 Å². The summed E-state index contributed by atoms with van der Waals surface area (Å²) in [5, 5.41) is 13.1. The lowest BCUT2D eigenvalue weighted by Crippen LogP contribution is -1.99. The highest BCUT2D eigenvalue weighted by Gasteiger charge is 2.12. The van der Waals surface area contributed by atoms with Gasteiger partial charge >= 0.3 is 0 Å². The van der Waals surface area contributed by atoms with Gasteiger partial charge < -0.3 is 4.74 Å². The van der Waals surface area contributed by atoms with Gasteiger partial charge in [0.15, 0.2) is 5.16 Å². The van der Waals surface area contributed by atoms with Crippen molar-refractivity contribution in [3.05, 3.63) is 81.5 Å². The summed E-state index contributed by atoms with van der Waals surface area (Å²) in [4.78, 5) is 4.66. The Morgan fingerprint density at radius 2 is 1.86 bits per heavy atom. The maximum Gasteiger partial charge on any atom is 0.196 e. The van der Waals surface area contributed by atoms with Crippen molar-refractivity contribution in [2.45, 2.75) is 24.4 Å². The minimum atomic E-state index is 0.441. The first kappa shape index (κ1) is 19.0. The summed E-state index contributed by atoms with van der Waals surface area (Å²) >= 11 is 9.11. The van der Waals surface area contributed by atoms with E-state index < -0.39 is 0 Å². The molecule has 2 aromatic carbocycles. The Balaban J connectivity index is 1.38. The molecule has 5 nitrogen and oxygen atoms in total. The van der Waals surface area contributed by atoms with Gasteiger partial charge in [0.2, 0.25) is 0 Å². The summed E-state index contributed by atoms with van der Waals surface area (Å²) in [5.41, 5.74) is 2.06. The molecule has 0 radical (unpaired) electrons. The van der Waals surface area contributed by atoms with Crippen LogP contribution in [0.25, 0.3) is 5.69 Å². The zero-order chi connectivity index (χ0) is 19.3. The smallest absolute Gasteiger partial charge is 0.196 e. The number of aryl methyl sites for hydroxylation is 1. The molecule has 0 spiro atoms. The lowest BCUT2D eigenvalue weighted by Gasteiger charge is -2.07. The minimum Gasteiger partial charge on any atom is -0.486 e. The fraction of sp³-hybridized carbons (Fsp3) is 0.150. The summed E-state index contributed by atoms with van der Waals surface area (Å²) in [5.74, 6) is 2.37. The number of hydrogen-bond acceptors (Lipinski definition) is 6. The Kier molecular flexibility index (Phi) is 5.95. The Morgan fingerprint density at radius 1 is 1.07 bits per heavy atom. The van der Waals surface area contributed by atoms with Crippen molar-refractivity contribution in [2.24, 2.45) is 0 Å². The van der Waals surface area contributed by atoms with Gasteiger partial charge in [0.1, 0.15) is 23.2 Å². The summed E-state index contributed by atoms with van der Waals surface area (Å²) in [7, 11) is 0. The Labute approximate surface area is 176 Å². The van der Waals surface area contributed by atoms with E-state index in [9.17, 15) is 0 Å². The van der Waals surface area contributed by atoms with Crippen molar-refractivity contribution in [3.8, 4) is 11.4 Å². The van der Waals surface area contributed by atoms with Gasteiger partial charge in [0.05, 0.1) is 5.69 Å². The molecule has 8 heteroatoms. The number of rotatable bonds is 7. The lowest BCUT2D eigenvalue weighted by molar-refractivity contribution is 0.305. The van der Waals surface area contributed by atoms with Gasteiger partial charge in [-0.15, -0.1) is 21.5 Å². The summed E-state index contributed by atoms with van der Waals surface area (Å²) in [6.45, 7) is 2.40. The minimum absolute atomic E-state index is 0.441. The van der Waals surface area contributed by atoms with Crippen molar-refractivity contribution in [1.82, 2.24) is 19.7 Å². The number of aromatic nitrogens is 4. The van der Waals surface area contributed by atoms with Gasteiger partial charge in [-0.1, -0.05) is 41.6 Å². The molecule has 4 aromatic rings. The molecule has 2 aromatic heterocycles. The molecular weight excluding hydrogens is 412 g/mol. The predicted octanol–water partition coefficient (Wildman–Crippen LogP) is 5.56. The van der Waals surface area contributed by atoms with E-state index in [1.165, 1.54) is 0 Å². The fourth-order valence-electron chi connectivity index (χ4n) is 2.61. The van der Waals surface area contributed by atoms with Crippen LogP contribution in [-0.4, -0.2) is 19.7 Å². The highest BCUT2D eigenvalue weighted by Crippen LogP contribution is 2.26. The van der Waals surface area contributed by atoms with Crippen LogP contribution in [0, 0.1) is 6.92 Å². The Bertz CT molecular complexity index is 1050. The van der Waals surface area contributed by atoms with Crippen LogP contribution < -0.4 is 4.74 Å². The predicted molar refractivity (Wildman–Crippen MR) is 114 cm³/mol. The average molecular weight is 429 g/mol. The van der Waals surface area contributed by atoms with E-state index >= 15 is 0 Å². The molecule has 4 rings (SSSR count). The molecule has 0 saturated carbocycles. The van der Waals surface area contributed by atoms with Gasteiger partial charge in [-0.05, 0) is 43.3 Å². The van der Waals surface area contributed by atoms with Crippen LogP contribution in [0.3, 0.4) is 0 Å². The normalized spacial score (nSPS) is 10.9. The van der Waals surface area contributed by atoms with Crippen molar-refractivity contribution < 1.29 is 4.74 Å². The second kappa shape index (κ2) is 8.77. The zero-order valence-electron chi connectivity index (χ0n) is 15.1. The molecule has 28 heavy (non-hydrogen) atoms. The average Bonchev–Trinajstić information content (AvgIpc) is 3.33. The lowest BCUT2D eigenvalue weighted by atomic mass is 10.3. The molecule has 0 aliphatic carbocycles. The second-order valence-corrected chi connectivity index (χ2v) is 8.29. The van der Waals surface area contributed by atoms with Crippen molar-refractivity contribution >= 4 is 34.7 Å². The number of thiazole rings is 1. The van der Waals surface area contributed by atoms with Crippen molar-refractivity contribution in [2.75, 3.05) is 0 Å². The number of hydrogen-bond donors (Lipinski definition) is 0. The highest BCUT2D eigenvalue weighted by atomic mass is 35.5. The van der Waals surface area contributed by atoms with Crippen LogP contribution in [0.1, 0.15) is 16.5 Å². The molecule has 0 saturated heterocycles. The number of ether oxygens (including phenoxy) is 1. The third-order valence-electron chi connectivity index (χ3n) is 3.93. The Morgan fingerprint density at radius 3 is 2.64 bits per heavy atom. The van der Waals surface area contributed by atoms with Gasteiger partial charge in [0, 0.05) is 21.8 Å². The molecule has 0 bridgehead atoms. The number of para-hydroxylation sites is 1. The first-order chi connectivity index (χ1) is 13.7. The maximum absolute atomic E-state index is 5.89. The number of nitrogens with zero attached hydrogens (tertiary/aromatic N) is 4. The van der Waals surface area contributed by atoms with E-state index in [2.05, 4.69) is 37.3 Å². The number of thioether (sulfide) groups is 1. The van der Waals surface area contributed by atoms with Crippen LogP contribution in [0.15, 0.2) is 65.1 Å². The maximum atomic E-state index is 5.89. The van der Waals surface area contributed by atoms with Gasteiger partial charge in [0.25, 0.3) is 0 Å². The molecule has 0 atom stereocenters. The van der Waals surface area contributed by atoms with Crippen LogP contribution >= 0.6 is 34.7 Å². The number of benzene rings is 2. The molecule has 0 aliphatic rings. The zero-order valence-corrected chi connectivity index (χ0v) is 17.5. The third kappa shape index (κ3) is 4.55. The third-order valence-corrected chi connectivity index (χ3v) is 6.02. The van der Waals surface area contributed by atoms with Crippen LogP contribution in [0.2, 0.25) is 5.02 Å². The first-order valence-electron chi connectivity index (χ1n) is 8.61. The highest BCUT2D eigenvalue weighted by molar-refractivity contribution is 7.98. The van der Waals surface area contributed by atoms with E-state index in [1.807, 2.05) is 49.4 Å². The largest absolute Gasteiger partial charge is 0.486 e. The summed E-state index contributed by atoms with van der Waals surface area (Å²) in [6.07, 6.45) is 0. The quantitative estimate of drug-likeness (QED) is 0.361. The molecular formula is C20H17ClN4OS2. The van der Waals surface area contributed by atoms with Gasteiger partial charge in [-0.25, -0.2) is 4.98 Å². The standard InChI is InChI=1S/C20H17ClN4OS2/c1-14-23-24-20(25(14)17-5-3-2-4-6-17)28-13-16-12-27-19(22-16)11-26-18-9-7-15(21)8-10-18/h2-10,12H,11,13H2,1H3. The van der Waals surface area contributed by atoms with Crippen LogP contribution in [0.5, 0.6) is 5.75 Å². The SMILES string of the molecule is Cc1nnc(SCc2csc(COc3ccc(Cl)cc3)n2)n1-c1ccccc1. The second-order valence-electron chi connectivity index (χ2n) is 5.96. The first-order valence-corrected chi connectivity index (χ1v) is 10.9. The van der Waals surface area contributed by atoms with Crippen LogP contribution in [0.4, 0.5) is 0 Å². The van der Waals surface area contributed by atoms with E-state index in [0.29, 0.717) is 11.6 Å². The molecule has 0 N–H and O–H groups in total. The van der Waals surface area contributed by atoms with Crippen molar-refractivity contribution in [3.63, 3.8) is 0 Å². The fourth-order valence-corrected chi connectivity index (χ4v) is 4.43. The topological polar surface area (TPSA) is 52.8 Å². The Hall–Kier alpha value is -2.35. The summed E-state index contributed by atoms with van der Waals surface area (Å²) < 4.78 is 7.82. The number of halogens is 1. The van der Waals surface area contributed by atoms with E-state index in [0.717, 1.165) is 38.9 Å². The van der Waals surface area contributed by atoms with Gasteiger partial charge in [-0.2, -0.15) is 0 Å². The molecule has 0 amide bonds. The van der Waals surface area contributed by atoms with Crippen molar-refractivity contribution in [1.29, 1.82) is 0 Å². The molecule has 0 unspecified atom stereocenters.